The lowest BCUT2D eigenvalue weighted by atomic mass is 10.1. The molecule has 0 aliphatic heterocycles. The van der Waals surface area contributed by atoms with Crippen LogP contribution in [0.1, 0.15) is 145 Å². The molecule has 4 nitrogen and oxygen atoms in total. The number of carbonyl (C=O) groups is 1. The molecule has 0 aliphatic carbocycles. The number of unbranched alkanes of at least 4 members (excludes halogenated alkanes) is 13. The zero-order valence-electron chi connectivity index (χ0n) is 29.3. The number of ether oxygens (including phenoxy) is 3. The first-order valence-electron chi connectivity index (χ1n) is 18.1. The third kappa shape index (κ3) is 14.9. The van der Waals surface area contributed by atoms with Gasteiger partial charge in [-0.05, 0) is 86.8 Å². The standard InChI is InChI=1S/C42H54F2O4/c1-4-6-8-10-11-12-13-14-15-16-18-30-46-40-29-25-36(32-39(40)44)42(45)48-37-26-22-34(23-27-37)20-21-35-24-28-41(38(43)31-35)47-33(3)19-17-9-7-5-2/h22-29,31-33H,4-19,30H2,1-3H3/t33-/m0/s1. The van der Waals surface area contributed by atoms with Gasteiger partial charge in [-0.25, -0.2) is 13.6 Å². The SMILES string of the molecule is CCCCCCCCCCCCCOc1ccc(C(=O)Oc2ccc(C#Cc3ccc(O[C@@H](C)CCCCCC)c(F)c3)cc2)cc1F. The molecule has 0 saturated heterocycles. The van der Waals surface area contributed by atoms with Crippen molar-refractivity contribution < 1.29 is 27.8 Å². The molecule has 0 aromatic heterocycles. The molecule has 48 heavy (non-hydrogen) atoms. The van der Waals surface area contributed by atoms with Crippen molar-refractivity contribution >= 4 is 5.97 Å². The van der Waals surface area contributed by atoms with Crippen LogP contribution in [0, 0.1) is 23.5 Å². The molecule has 0 N–H and O–H groups in total. The lowest BCUT2D eigenvalue weighted by molar-refractivity contribution is 0.0734. The Morgan fingerprint density at radius 1 is 0.646 bits per heavy atom. The molecule has 0 heterocycles. The number of hydrogen-bond acceptors (Lipinski definition) is 4. The van der Waals surface area contributed by atoms with Crippen LogP contribution in [0.3, 0.4) is 0 Å². The Morgan fingerprint density at radius 3 is 1.81 bits per heavy atom. The average molecular weight is 661 g/mol. The maximum Gasteiger partial charge on any atom is 0.343 e. The van der Waals surface area contributed by atoms with Gasteiger partial charge in [0.05, 0.1) is 18.3 Å². The van der Waals surface area contributed by atoms with E-state index in [-0.39, 0.29) is 23.2 Å². The second-order valence-electron chi connectivity index (χ2n) is 12.6. The Balaban J connectivity index is 1.39. The first kappa shape index (κ1) is 38.6. The molecule has 0 amide bonds. The summed E-state index contributed by atoms with van der Waals surface area (Å²) < 4.78 is 46.1. The lowest BCUT2D eigenvalue weighted by Gasteiger charge is -2.15. The Bertz CT molecular complexity index is 1420. The molecular weight excluding hydrogens is 606 g/mol. The molecule has 3 rings (SSSR count). The van der Waals surface area contributed by atoms with Crippen LogP contribution in [0.25, 0.3) is 0 Å². The number of halogens is 2. The van der Waals surface area contributed by atoms with Gasteiger partial charge in [0, 0.05) is 11.1 Å². The highest BCUT2D eigenvalue weighted by atomic mass is 19.1. The number of rotatable bonds is 22. The first-order valence-corrected chi connectivity index (χ1v) is 18.1. The van der Waals surface area contributed by atoms with Crippen LogP contribution in [0.2, 0.25) is 0 Å². The summed E-state index contributed by atoms with van der Waals surface area (Å²) in [7, 11) is 0. The highest BCUT2D eigenvalue weighted by molar-refractivity contribution is 5.91. The van der Waals surface area contributed by atoms with Crippen molar-refractivity contribution in [3.8, 4) is 29.1 Å². The molecule has 0 saturated carbocycles. The maximum absolute atomic E-state index is 14.6. The Morgan fingerprint density at radius 2 is 1.19 bits per heavy atom. The molecule has 3 aromatic rings. The average Bonchev–Trinajstić information content (AvgIpc) is 3.08. The van der Waals surface area contributed by atoms with Crippen molar-refractivity contribution in [3.63, 3.8) is 0 Å². The minimum Gasteiger partial charge on any atom is -0.491 e. The van der Waals surface area contributed by atoms with E-state index in [4.69, 9.17) is 14.2 Å². The summed E-state index contributed by atoms with van der Waals surface area (Å²) in [6.07, 6.45) is 19.1. The predicted molar refractivity (Wildman–Crippen MR) is 191 cm³/mol. The van der Waals surface area contributed by atoms with E-state index in [0.717, 1.165) is 38.2 Å². The molecule has 0 unspecified atom stereocenters. The van der Waals surface area contributed by atoms with E-state index >= 15 is 0 Å². The summed E-state index contributed by atoms with van der Waals surface area (Å²) in [6.45, 7) is 6.82. The maximum atomic E-state index is 14.6. The number of benzene rings is 3. The second kappa shape index (κ2) is 22.7. The van der Waals surface area contributed by atoms with E-state index in [9.17, 15) is 13.6 Å². The fraction of sp³-hybridized carbons (Fsp3) is 0.500. The minimum absolute atomic E-state index is 0.0535. The van der Waals surface area contributed by atoms with Gasteiger partial charge in [0.2, 0.25) is 0 Å². The van der Waals surface area contributed by atoms with Crippen LogP contribution in [0.4, 0.5) is 8.78 Å². The van der Waals surface area contributed by atoms with Crippen molar-refractivity contribution in [1.82, 2.24) is 0 Å². The van der Waals surface area contributed by atoms with Crippen LogP contribution in [-0.4, -0.2) is 18.7 Å². The van der Waals surface area contributed by atoms with Gasteiger partial charge in [-0.1, -0.05) is 109 Å². The van der Waals surface area contributed by atoms with Crippen molar-refractivity contribution in [1.29, 1.82) is 0 Å². The molecule has 1 atom stereocenters. The lowest BCUT2D eigenvalue weighted by Crippen LogP contribution is -2.12. The number of esters is 1. The van der Waals surface area contributed by atoms with Gasteiger partial charge in [0.1, 0.15) is 5.75 Å². The predicted octanol–water partition coefficient (Wildman–Crippen LogP) is 12.0. The van der Waals surface area contributed by atoms with Gasteiger partial charge in [-0.15, -0.1) is 0 Å². The fourth-order valence-electron chi connectivity index (χ4n) is 5.42. The van der Waals surface area contributed by atoms with Crippen LogP contribution in [0.15, 0.2) is 60.7 Å². The van der Waals surface area contributed by atoms with Gasteiger partial charge in [-0.2, -0.15) is 0 Å². The van der Waals surface area contributed by atoms with Crippen LogP contribution < -0.4 is 14.2 Å². The van der Waals surface area contributed by atoms with E-state index in [0.29, 0.717) is 23.5 Å². The molecule has 0 radical (unpaired) electrons. The Hall–Kier alpha value is -3.85. The van der Waals surface area contributed by atoms with Crippen LogP contribution in [-0.2, 0) is 0 Å². The minimum atomic E-state index is -0.669. The summed E-state index contributed by atoms with van der Waals surface area (Å²) in [4.78, 5) is 12.6. The zero-order valence-corrected chi connectivity index (χ0v) is 29.3. The topological polar surface area (TPSA) is 44.8 Å². The van der Waals surface area contributed by atoms with E-state index in [2.05, 4.69) is 25.7 Å². The second-order valence-corrected chi connectivity index (χ2v) is 12.6. The van der Waals surface area contributed by atoms with E-state index in [1.807, 2.05) is 6.92 Å². The molecule has 0 spiro atoms. The van der Waals surface area contributed by atoms with Gasteiger partial charge in [0.25, 0.3) is 0 Å². The van der Waals surface area contributed by atoms with Crippen molar-refractivity contribution in [3.05, 3.63) is 89.0 Å². The molecule has 0 fully saturated rings. The normalized spacial score (nSPS) is 11.4. The van der Waals surface area contributed by atoms with Crippen molar-refractivity contribution in [2.24, 2.45) is 0 Å². The summed E-state index contributed by atoms with van der Waals surface area (Å²) in [5.41, 5.74) is 1.29. The Labute approximate surface area is 287 Å². The van der Waals surface area contributed by atoms with Gasteiger partial charge < -0.3 is 14.2 Å². The van der Waals surface area contributed by atoms with Gasteiger partial charge in [-0.3, -0.25) is 0 Å². The molecule has 3 aromatic carbocycles. The largest absolute Gasteiger partial charge is 0.491 e. The monoisotopic (exact) mass is 660 g/mol. The van der Waals surface area contributed by atoms with Gasteiger partial charge >= 0.3 is 5.97 Å². The zero-order chi connectivity index (χ0) is 34.4. The molecule has 0 aliphatic rings. The quantitative estimate of drug-likeness (QED) is 0.0466. The van der Waals surface area contributed by atoms with Crippen LogP contribution in [0.5, 0.6) is 17.2 Å². The first-order chi connectivity index (χ1) is 23.4. The smallest absolute Gasteiger partial charge is 0.343 e. The van der Waals surface area contributed by atoms with E-state index in [1.54, 1.807) is 36.4 Å². The summed E-state index contributed by atoms with van der Waals surface area (Å²) in [5.74, 6) is 4.93. The Kier molecular flexibility index (Phi) is 18.2. The highest BCUT2D eigenvalue weighted by Crippen LogP contribution is 2.23. The third-order valence-electron chi connectivity index (χ3n) is 8.31. The highest BCUT2D eigenvalue weighted by Gasteiger charge is 2.13. The van der Waals surface area contributed by atoms with Crippen molar-refractivity contribution in [2.45, 2.75) is 130 Å². The van der Waals surface area contributed by atoms with Crippen molar-refractivity contribution in [2.75, 3.05) is 6.61 Å². The number of carbonyl (C=O) groups excluding carboxylic acids is 1. The van der Waals surface area contributed by atoms with Gasteiger partial charge in [0.15, 0.2) is 23.1 Å². The van der Waals surface area contributed by atoms with E-state index in [1.165, 1.54) is 88.8 Å². The third-order valence-corrected chi connectivity index (χ3v) is 8.31. The summed E-state index contributed by atoms with van der Waals surface area (Å²) >= 11 is 0. The molecular formula is C42H54F2O4. The fourth-order valence-corrected chi connectivity index (χ4v) is 5.42. The summed E-state index contributed by atoms with van der Waals surface area (Å²) in [5, 5.41) is 0. The molecule has 260 valence electrons. The molecule has 6 heteroatoms. The molecule has 0 bridgehead atoms. The van der Waals surface area contributed by atoms with Crippen LogP contribution >= 0.6 is 0 Å². The van der Waals surface area contributed by atoms with E-state index < -0.39 is 17.6 Å². The number of hydrogen-bond donors (Lipinski definition) is 0. The summed E-state index contributed by atoms with van der Waals surface area (Å²) in [6, 6.07) is 15.5.